The number of hydrogen-bond donors (Lipinski definition) is 1. The lowest BCUT2D eigenvalue weighted by Gasteiger charge is -2.37. The fourth-order valence-corrected chi connectivity index (χ4v) is 5.03. The molecule has 1 aliphatic heterocycles. The van der Waals surface area contributed by atoms with Gasteiger partial charge in [0.2, 0.25) is 0 Å². The zero-order valence-electron chi connectivity index (χ0n) is 18.9. The second kappa shape index (κ2) is 8.41. The van der Waals surface area contributed by atoms with E-state index >= 15 is 0 Å². The van der Waals surface area contributed by atoms with E-state index in [2.05, 4.69) is 19.2 Å². The van der Waals surface area contributed by atoms with E-state index in [1.165, 1.54) is 12.1 Å². The quantitative estimate of drug-likeness (QED) is 0.437. The average Bonchev–Trinajstić information content (AvgIpc) is 2.93. The van der Waals surface area contributed by atoms with Gasteiger partial charge in [-0.05, 0) is 65.9 Å². The Morgan fingerprint density at radius 1 is 1.00 bits per heavy atom. The summed E-state index contributed by atoms with van der Waals surface area (Å²) in [5, 5.41) is 4.00. The van der Waals surface area contributed by atoms with Crippen LogP contribution in [0.5, 0.6) is 0 Å². The van der Waals surface area contributed by atoms with Crippen molar-refractivity contribution >= 4 is 34.7 Å². The Kier molecular flexibility index (Phi) is 5.53. The number of nitrogens with zero attached hydrogens (tertiary/aromatic N) is 1. The number of amides is 1. The SMILES string of the molecule is CC1(C)CC(=O)C2=C(C1)Nc1ccccc1N(C(=O)c1ccc(Cl)cc1)[C@@H]2c1ccc(F)cc1. The number of carbonyl (C=O) groups is 2. The van der Waals surface area contributed by atoms with E-state index in [0.717, 1.165) is 11.4 Å². The van der Waals surface area contributed by atoms with E-state index < -0.39 is 6.04 Å². The molecule has 1 atom stereocenters. The molecule has 0 aromatic heterocycles. The van der Waals surface area contributed by atoms with E-state index in [1.54, 1.807) is 41.3 Å². The summed E-state index contributed by atoms with van der Waals surface area (Å²) in [5.41, 5.74) is 3.63. The van der Waals surface area contributed by atoms with Crippen LogP contribution in [-0.4, -0.2) is 11.7 Å². The largest absolute Gasteiger partial charge is 0.357 e. The minimum absolute atomic E-state index is 0.0187. The summed E-state index contributed by atoms with van der Waals surface area (Å²) in [5.74, 6) is -0.668. The van der Waals surface area contributed by atoms with Gasteiger partial charge in [0.05, 0.1) is 17.4 Å². The normalized spacial score (nSPS) is 19.1. The molecule has 4 nitrogen and oxygen atoms in total. The van der Waals surface area contributed by atoms with E-state index in [9.17, 15) is 14.0 Å². The summed E-state index contributed by atoms with van der Waals surface area (Å²) in [7, 11) is 0. The molecule has 3 aromatic carbocycles. The van der Waals surface area contributed by atoms with Crippen LogP contribution in [0, 0.1) is 11.2 Å². The first-order chi connectivity index (χ1) is 16.2. The number of rotatable bonds is 2. The van der Waals surface area contributed by atoms with Gasteiger partial charge in [-0.25, -0.2) is 4.39 Å². The molecule has 0 fully saturated rings. The fourth-order valence-electron chi connectivity index (χ4n) is 4.90. The predicted molar refractivity (Wildman–Crippen MR) is 133 cm³/mol. The van der Waals surface area contributed by atoms with Gasteiger partial charge >= 0.3 is 0 Å². The molecule has 0 saturated carbocycles. The molecule has 2 aliphatic rings. The highest BCUT2D eigenvalue weighted by Crippen LogP contribution is 2.48. The summed E-state index contributed by atoms with van der Waals surface area (Å²) in [6.07, 6.45) is 1.02. The standard InChI is InChI=1S/C28H24ClFN2O2/c1-28(2)15-22-25(24(33)16-28)26(17-9-13-20(30)14-10-17)32(23-6-4-3-5-21(23)31-22)27(34)18-7-11-19(29)12-8-18/h3-14,26,31H,15-16H2,1-2H3/t26-/m1/s1. The van der Waals surface area contributed by atoms with Crippen molar-refractivity contribution in [3.05, 3.63) is 106 Å². The summed E-state index contributed by atoms with van der Waals surface area (Å²) in [4.78, 5) is 29.3. The Hall–Kier alpha value is -3.44. The van der Waals surface area contributed by atoms with Gasteiger partial charge in [-0.3, -0.25) is 14.5 Å². The number of hydrogen-bond acceptors (Lipinski definition) is 3. The third kappa shape index (κ3) is 4.01. The lowest BCUT2D eigenvalue weighted by molar-refractivity contribution is -0.118. The molecule has 0 saturated heterocycles. The number of nitrogens with one attached hydrogen (secondary N) is 1. The number of para-hydroxylation sites is 2. The lowest BCUT2D eigenvalue weighted by atomic mass is 9.73. The summed E-state index contributed by atoms with van der Waals surface area (Å²) in [6, 6.07) is 19.5. The smallest absolute Gasteiger partial charge is 0.259 e. The molecule has 172 valence electrons. The molecule has 1 amide bonds. The van der Waals surface area contributed by atoms with Crippen LogP contribution >= 0.6 is 11.6 Å². The van der Waals surface area contributed by atoms with Crippen molar-refractivity contribution in [2.45, 2.75) is 32.7 Å². The minimum Gasteiger partial charge on any atom is -0.357 e. The van der Waals surface area contributed by atoms with Gasteiger partial charge in [-0.15, -0.1) is 0 Å². The summed E-state index contributed by atoms with van der Waals surface area (Å²) in [6.45, 7) is 4.13. The van der Waals surface area contributed by atoms with E-state index in [4.69, 9.17) is 11.6 Å². The topological polar surface area (TPSA) is 49.4 Å². The maximum atomic E-state index is 14.0. The monoisotopic (exact) mass is 474 g/mol. The molecule has 0 unspecified atom stereocenters. The van der Waals surface area contributed by atoms with E-state index in [-0.39, 0.29) is 22.9 Å². The second-order valence-electron chi connectivity index (χ2n) is 9.61. The van der Waals surface area contributed by atoms with Crippen LogP contribution in [0.4, 0.5) is 15.8 Å². The molecule has 3 aromatic rings. The van der Waals surface area contributed by atoms with Crippen molar-refractivity contribution in [1.29, 1.82) is 0 Å². The second-order valence-corrected chi connectivity index (χ2v) is 10.0. The Balaban J connectivity index is 1.78. The molecule has 5 rings (SSSR count). The lowest BCUT2D eigenvalue weighted by Crippen LogP contribution is -2.39. The first-order valence-corrected chi connectivity index (χ1v) is 11.6. The van der Waals surface area contributed by atoms with Crippen LogP contribution in [0.3, 0.4) is 0 Å². The molecule has 0 radical (unpaired) electrons. The predicted octanol–water partition coefficient (Wildman–Crippen LogP) is 6.94. The minimum atomic E-state index is -0.710. The zero-order chi connectivity index (χ0) is 24.0. The van der Waals surface area contributed by atoms with Crippen LogP contribution in [-0.2, 0) is 4.79 Å². The number of Topliss-reactive ketones (excluding diaryl/α,β-unsaturated/α-hetero) is 1. The van der Waals surface area contributed by atoms with Gasteiger partial charge in [0.15, 0.2) is 5.78 Å². The van der Waals surface area contributed by atoms with Crippen LogP contribution in [0.25, 0.3) is 0 Å². The Labute approximate surface area is 203 Å². The number of halogens is 2. The maximum Gasteiger partial charge on any atom is 0.259 e. The van der Waals surface area contributed by atoms with Gasteiger partial charge in [0.25, 0.3) is 5.91 Å². The number of anilines is 2. The van der Waals surface area contributed by atoms with Crippen molar-refractivity contribution in [3.8, 4) is 0 Å². The molecule has 1 aliphatic carbocycles. The molecule has 0 spiro atoms. The molecular formula is C28H24ClFN2O2. The molecule has 6 heteroatoms. The zero-order valence-corrected chi connectivity index (χ0v) is 19.7. The highest BCUT2D eigenvalue weighted by atomic mass is 35.5. The number of benzene rings is 3. The van der Waals surface area contributed by atoms with Crippen molar-refractivity contribution < 1.29 is 14.0 Å². The molecule has 34 heavy (non-hydrogen) atoms. The van der Waals surface area contributed by atoms with Crippen LogP contribution < -0.4 is 10.2 Å². The number of ketones is 1. The van der Waals surface area contributed by atoms with Gasteiger partial charge in [0, 0.05) is 28.3 Å². The highest BCUT2D eigenvalue weighted by molar-refractivity contribution is 6.30. The fraction of sp³-hybridized carbons (Fsp3) is 0.214. The molecular weight excluding hydrogens is 451 g/mol. The summed E-state index contributed by atoms with van der Waals surface area (Å²) >= 11 is 6.06. The number of carbonyl (C=O) groups excluding carboxylic acids is 2. The van der Waals surface area contributed by atoms with Crippen LogP contribution in [0.1, 0.15) is 48.7 Å². The Morgan fingerprint density at radius 2 is 1.68 bits per heavy atom. The van der Waals surface area contributed by atoms with Crippen molar-refractivity contribution in [3.63, 3.8) is 0 Å². The maximum absolute atomic E-state index is 14.0. The molecule has 1 N–H and O–H groups in total. The molecule has 1 heterocycles. The van der Waals surface area contributed by atoms with Gasteiger partial charge in [-0.2, -0.15) is 0 Å². The third-order valence-electron chi connectivity index (χ3n) is 6.40. The average molecular weight is 475 g/mol. The highest BCUT2D eigenvalue weighted by Gasteiger charge is 2.43. The van der Waals surface area contributed by atoms with Gasteiger partial charge in [-0.1, -0.05) is 49.7 Å². The third-order valence-corrected chi connectivity index (χ3v) is 6.65. The van der Waals surface area contributed by atoms with Crippen molar-refractivity contribution in [1.82, 2.24) is 0 Å². The van der Waals surface area contributed by atoms with Crippen LogP contribution in [0.15, 0.2) is 84.1 Å². The number of allylic oxidation sites excluding steroid dienone is 1. The Bertz CT molecular complexity index is 1310. The first kappa shape index (κ1) is 22.4. The van der Waals surface area contributed by atoms with Gasteiger partial charge in [0.1, 0.15) is 5.82 Å². The van der Waals surface area contributed by atoms with Crippen LogP contribution in [0.2, 0.25) is 5.02 Å². The number of fused-ring (bicyclic) bond motifs is 1. The van der Waals surface area contributed by atoms with Gasteiger partial charge < -0.3 is 5.32 Å². The van der Waals surface area contributed by atoms with Crippen molar-refractivity contribution in [2.24, 2.45) is 5.41 Å². The molecule has 0 bridgehead atoms. The van der Waals surface area contributed by atoms with Crippen molar-refractivity contribution in [2.75, 3.05) is 10.2 Å². The van der Waals surface area contributed by atoms with E-state index in [0.29, 0.717) is 40.3 Å². The first-order valence-electron chi connectivity index (χ1n) is 11.2. The summed E-state index contributed by atoms with van der Waals surface area (Å²) < 4.78 is 13.9. The van der Waals surface area contributed by atoms with E-state index in [1.807, 2.05) is 24.3 Å². The Morgan fingerprint density at radius 3 is 2.38 bits per heavy atom.